The van der Waals surface area contributed by atoms with E-state index in [0.29, 0.717) is 24.3 Å². The topological polar surface area (TPSA) is 81.9 Å². The minimum atomic E-state index is -0.720. The van der Waals surface area contributed by atoms with Crippen LogP contribution in [0, 0.1) is 5.82 Å². The molecule has 1 aliphatic heterocycles. The molecule has 0 bridgehead atoms. The number of pyridine rings is 1. The van der Waals surface area contributed by atoms with Gasteiger partial charge in [-0.05, 0) is 29.8 Å². The third-order valence-corrected chi connectivity index (χ3v) is 3.83. The van der Waals surface area contributed by atoms with Crippen LogP contribution in [0.1, 0.15) is 11.1 Å². The molecule has 1 amide bonds. The van der Waals surface area contributed by atoms with E-state index in [9.17, 15) is 9.18 Å². The maximum absolute atomic E-state index is 13.2. The van der Waals surface area contributed by atoms with E-state index in [1.807, 2.05) is 12.1 Å². The highest BCUT2D eigenvalue weighted by Gasteiger charge is 2.30. The molecule has 0 radical (unpaired) electrons. The number of hydrogen-bond donors (Lipinski definition) is 1. The predicted octanol–water partition coefficient (Wildman–Crippen LogP) is 1.80. The SMILES string of the molecule is O=C(Nc1ncn(Cc2cccnc2)n1)C1Cc2cc(F)ccc2O1. The van der Waals surface area contributed by atoms with Gasteiger partial charge in [-0.25, -0.2) is 14.1 Å². The van der Waals surface area contributed by atoms with Gasteiger partial charge in [-0.3, -0.25) is 15.1 Å². The van der Waals surface area contributed by atoms with Gasteiger partial charge in [-0.2, -0.15) is 0 Å². The molecular weight excluding hydrogens is 325 g/mol. The lowest BCUT2D eigenvalue weighted by molar-refractivity contribution is -0.122. The Kier molecular flexibility index (Phi) is 3.85. The Bertz CT molecular complexity index is 912. The first-order valence-electron chi connectivity index (χ1n) is 7.72. The second-order valence-electron chi connectivity index (χ2n) is 5.68. The van der Waals surface area contributed by atoms with Gasteiger partial charge in [0.25, 0.3) is 5.91 Å². The summed E-state index contributed by atoms with van der Waals surface area (Å²) in [7, 11) is 0. The highest BCUT2D eigenvalue weighted by Crippen LogP contribution is 2.29. The fourth-order valence-corrected chi connectivity index (χ4v) is 2.66. The molecule has 126 valence electrons. The Labute approximate surface area is 142 Å². The van der Waals surface area contributed by atoms with Crippen LogP contribution < -0.4 is 10.1 Å². The van der Waals surface area contributed by atoms with Crippen LogP contribution in [0.2, 0.25) is 0 Å². The summed E-state index contributed by atoms with van der Waals surface area (Å²) in [5.41, 5.74) is 1.65. The number of carbonyl (C=O) groups is 1. The van der Waals surface area contributed by atoms with Crippen LogP contribution in [0.5, 0.6) is 5.75 Å². The van der Waals surface area contributed by atoms with Gasteiger partial charge in [0.05, 0.1) is 6.54 Å². The van der Waals surface area contributed by atoms with E-state index in [2.05, 4.69) is 20.4 Å². The molecule has 1 N–H and O–H groups in total. The summed E-state index contributed by atoms with van der Waals surface area (Å²) in [4.78, 5) is 20.4. The third-order valence-electron chi connectivity index (χ3n) is 3.83. The fraction of sp³-hybridized carbons (Fsp3) is 0.176. The Morgan fingerprint density at radius 1 is 1.40 bits per heavy atom. The summed E-state index contributed by atoms with van der Waals surface area (Å²) in [5, 5.41) is 6.83. The quantitative estimate of drug-likeness (QED) is 0.784. The van der Waals surface area contributed by atoms with Gasteiger partial charge in [0.15, 0.2) is 6.10 Å². The highest BCUT2D eigenvalue weighted by atomic mass is 19.1. The molecule has 3 aromatic rings. The zero-order valence-electron chi connectivity index (χ0n) is 13.1. The van der Waals surface area contributed by atoms with E-state index in [1.54, 1.807) is 17.1 Å². The number of amides is 1. The number of nitrogens with one attached hydrogen (secondary N) is 1. The van der Waals surface area contributed by atoms with Crippen molar-refractivity contribution in [1.29, 1.82) is 0 Å². The van der Waals surface area contributed by atoms with Crippen molar-refractivity contribution in [1.82, 2.24) is 19.7 Å². The molecule has 0 fully saturated rings. The number of rotatable bonds is 4. The van der Waals surface area contributed by atoms with Gasteiger partial charge >= 0.3 is 0 Å². The monoisotopic (exact) mass is 339 g/mol. The van der Waals surface area contributed by atoms with Crippen molar-refractivity contribution in [3.8, 4) is 5.75 Å². The lowest BCUT2D eigenvalue weighted by Gasteiger charge is -2.09. The molecule has 1 aromatic carbocycles. The number of anilines is 1. The first-order valence-corrected chi connectivity index (χ1v) is 7.72. The highest BCUT2D eigenvalue weighted by molar-refractivity contribution is 5.93. The predicted molar refractivity (Wildman–Crippen MR) is 86.5 cm³/mol. The van der Waals surface area contributed by atoms with Crippen molar-refractivity contribution in [2.75, 3.05) is 5.32 Å². The summed E-state index contributed by atoms with van der Waals surface area (Å²) in [6.45, 7) is 0.501. The standard InChI is InChI=1S/C17H14FN5O2/c18-13-3-4-14-12(6-13)7-15(25-14)16(24)21-17-20-10-23(22-17)9-11-2-1-5-19-8-11/h1-6,8,10,15H,7,9H2,(H,21,22,24). The molecule has 0 saturated carbocycles. The molecule has 1 unspecified atom stereocenters. The van der Waals surface area contributed by atoms with Crippen LogP contribution in [0.25, 0.3) is 0 Å². The summed E-state index contributed by atoms with van der Waals surface area (Å²) >= 11 is 0. The second-order valence-corrected chi connectivity index (χ2v) is 5.68. The summed E-state index contributed by atoms with van der Waals surface area (Å²) in [6, 6.07) is 7.98. The minimum absolute atomic E-state index is 0.194. The van der Waals surface area contributed by atoms with Crippen LogP contribution in [0.4, 0.5) is 10.3 Å². The van der Waals surface area contributed by atoms with Gasteiger partial charge in [0.2, 0.25) is 5.95 Å². The molecule has 0 aliphatic carbocycles. The first kappa shape index (κ1) is 15.3. The first-order chi connectivity index (χ1) is 12.2. The van der Waals surface area contributed by atoms with E-state index >= 15 is 0 Å². The van der Waals surface area contributed by atoms with Crippen LogP contribution in [-0.2, 0) is 17.8 Å². The number of aromatic nitrogens is 4. The lowest BCUT2D eigenvalue weighted by atomic mass is 10.1. The maximum Gasteiger partial charge on any atom is 0.268 e. The summed E-state index contributed by atoms with van der Waals surface area (Å²) in [6.07, 6.45) is 4.56. The molecule has 2 aromatic heterocycles. The van der Waals surface area contributed by atoms with Crippen molar-refractivity contribution in [3.05, 3.63) is 66.0 Å². The van der Waals surface area contributed by atoms with Crippen molar-refractivity contribution in [3.63, 3.8) is 0 Å². The average Bonchev–Trinajstić information content (AvgIpc) is 3.22. The van der Waals surface area contributed by atoms with Crippen LogP contribution in [-0.4, -0.2) is 31.8 Å². The molecule has 1 aliphatic rings. The Morgan fingerprint density at radius 3 is 3.16 bits per heavy atom. The minimum Gasteiger partial charge on any atom is -0.480 e. The molecule has 7 nitrogen and oxygen atoms in total. The average molecular weight is 339 g/mol. The van der Waals surface area contributed by atoms with E-state index in [4.69, 9.17) is 4.74 Å². The Hall–Kier alpha value is -3.29. The number of benzene rings is 1. The molecular formula is C17H14FN5O2. The van der Waals surface area contributed by atoms with Crippen molar-refractivity contribution < 1.29 is 13.9 Å². The Morgan fingerprint density at radius 2 is 2.32 bits per heavy atom. The molecule has 0 spiro atoms. The number of halogens is 1. The van der Waals surface area contributed by atoms with Gasteiger partial charge < -0.3 is 4.74 Å². The van der Waals surface area contributed by atoms with Crippen molar-refractivity contribution in [2.45, 2.75) is 19.1 Å². The van der Waals surface area contributed by atoms with Gasteiger partial charge in [0, 0.05) is 24.4 Å². The van der Waals surface area contributed by atoms with Crippen molar-refractivity contribution >= 4 is 11.9 Å². The normalized spacial score (nSPS) is 15.5. The molecule has 4 rings (SSSR count). The molecule has 25 heavy (non-hydrogen) atoms. The molecule has 3 heterocycles. The Balaban J connectivity index is 1.39. The van der Waals surface area contributed by atoms with E-state index < -0.39 is 6.10 Å². The van der Waals surface area contributed by atoms with Gasteiger partial charge in [-0.15, -0.1) is 5.10 Å². The number of ether oxygens (including phenoxy) is 1. The van der Waals surface area contributed by atoms with E-state index in [-0.39, 0.29) is 17.7 Å². The number of carbonyl (C=O) groups excluding carboxylic acids is 1. The fourth-order valence-electron chi connectivity index (χ4n) is 2.66. The zero-order chi connectivity index (χ0) is 17.2. The van der Waals surface area contributed by atoms with Gasteiger partial charge in [0.1, 0.15) is 17.9 Å². The largest absolute Gasteiger partial charge is 0.480 e. The molecule has 1 atom stereocenters. The summed E-state index contributed by atoms with van der Waals surface area (Å²) < 4.78 is 20.4. The smallest absolute Gasteiger partial charge is 0.268 e. The second kappa shape index (κ2) is 6.31. The molecule has 0 saturated heterocycles. The van der Waals surface area contributed by atoms with Crippen LogP contribution in [0.15, 0.2) is 49.1 Å². The van der Waals surface area contributed by atoms with E-state index in [1.165, 1.54) is 24.5 Å². The van der Waals surface area contributed by atoms with Crippen LogP contribution >= 0.6 is 0 Å². The number of hydrogen-bond acceptors (Lipinski definition) is 5. The zero-order valence-corrected chi connectivity index (χ0v) is 13.1. The van der Waals surface area contributed by atoms with Crippen molar-refractivity contribution in [2.24, 2.45) is 0 Å². The van der Waals surface area contributed by atoms with Gasteiger partial charge in [-0.1, -0.05) is 6.07 Å². The van der Waals surface area contributed by atoms with E-state index in [0.717, 1.165) is 5.56 Å². The third kappa shape index (κ3) is 3.32. The maximum atomic E-state index is 13.2. The molecule has 8 heteroatoms. The lowest BCUT2D eigenvalue weighted by Crippen LogP contribution is -2.31. The summed E-state index contributed by atoms with van der Waals surface area (Å²) in [5.74, 6) is 0.00574. The van der Waals surface area contributed by atoms with Crippen LogP contribution in [0.3, 0.4) is 0 Å². The number of nitrogens with zero attached hydrogens (tertiary/aromatic N) is 4. The number of fused-ring (bicyclic) bond motifs is 1.